The molecule has 1 aromatic carbocycles. The predicted molar refractivity (Wildman–Crippen MR) is 105 cm³/mol. The van der Waals surface area contributed by atoms with E-state index >= 15 is 0 Å². The Morgan fingerprint density at radius 2 is 1.93 bits per heavy atom. The van der Waals surface area contributed by atoms with Crippen LogP contribution in [0.25, 0.3) is 0 Å². The third-order valence-corrected chi connectivity index (χ3v) is 4.69. The number of furan rings is 1. The minimum Gasteiger partial charge on any atom is -0.493 e. The third-order valence-electron chi connectivity index (χ3n) is 3.88. The Hall–Kier alpha value is -3.33. The van der Waals surface area contributed by atoms with Crippen LogP contribution in [-0.4, -0.2) is 31.0 Å². The first-order valence-corrected chi connectivity index (χ1v) is 9.20. The molecule has 8 nitrogen and oxygen atoms in total. The summed E-state index contributed by atoms with van der Waals surface area (Å²) >= 11 is 1.25. The van der Waals surface area contributed by atoms with E-state index in [4.69, 9.17) is 13.9 Å². The number of nitrogens with zero attached hydrogens (tertiary/aromatic N) is 1. The van der Waals surface area contributed by atoms with E-state index < -0.39 is 0 Å². The maximum Gasteiger partial charge on any atom is 0.260 e. The number of thiazole rings is 1. The molecular weight excluding hydrogens is 382 g/mol. The average Bonchev–Trinajstić information content (AvgIpc) is 3.30. The van der Waals surface area contributed by atoms with Crippen molar-refractivity contribution in [3.8, 4) is 11.5 Å². The topological polar surface area (TPSA) is 103 Å². The molecule has 2 N–H and O–H groups in total. The number of aromatic nitrogens is 1. The van der Waals surface area contributed by atoms with Crippen molar-refractivity contribution in [2.75, 3.05) is 24.9 Å². The first kappa shape index (κ1) is 19.4. The predicted octanol–water partition coefficient (Wildman–Crippen LogP) is 3.50. The van der Waals surface area contributed by atoms with Gasteiger partial charge in [0, 0.05) is 17.1 Å². The Kier molecular flexibility index (Phi) is 5.95. The smallest absolute Gasteiger partial charge is 0.260 e. The van der Waals surface area contributed by atoms with Gasteiger partial charge < -0.3 is 19.2 Å². The highest BCUT2D eigenvalue weighted by Gasteiger charge is 2.15. The van der Waals surface area contributed by atoms with E-state index in [9.17, 15) is 9.59 Å². The lowest BCUT2D eigenvalue weighted by molar-refractivity contribution is -0.115. The van der Waals surface area contributed by atoms with Crippen LogP contribution in [0.3, 0.4) is 0 Å². The summed E-state index contributed by atoms with van der Waals surface area (Å²) < 4.78 is 15.5. The number of nitrogens with one attached hydrogen (secondary N) is 2. The first-order valence-electron chi connectivity index (χ1n) is 8.32. The molecule has 3 aromatic rings. The van der Waals surface area contributed by atoms with Crippen LogP contribution in [0.1, 0.15) is 21.8 Å². The Morgan fingerprint density at radius 1 is 1.14 bits per heavy atom. The first-order chi connectivity index (χ1) is 13.5. The van der Waals surface area contributed by atoms with Crippen molar-refractivity contribution in [1.82, 2.24) is 4.98 Å². The van der Waals surface area contributed by atoms with Gasteiger partial charge in [-0.1, -0.05) is 0 Å². The molecule has 2 heterocycles. The van der Waals surface area contributed by atoms with Gasteiger partial charge in [-0.25, -0.2) is 4.98 Å². The molecule has 2 aromatic heterocycles. The molecule has 0 spiro atoms. The number of carbonyl (C=O) groups is 2. The van der Waals surface area contributed by atoms with Gasteiger partial charge in [-0.2, -0.15) is 0 Å². The molecule has 0 aliphatic heterocycles. The molecule has 2 amide bonds. The van der Waals surface area contributed by atoms with E-state index in [-0.39, 0.29) is 18.2 Å². The number of methoxy groups -OCH3 is 2. The summed E-state index contributed by atoms with van der Waals surface area (Å²) in [7, 11) is 3.07. The van der Waals surface area contributed by atoms with Crippen LogP contribution in [0.15, 0.2) is 40.3 Å². The lowest BCUT2D eigenvalue weighted by Crippen LogP contribution is -2.15. The van der Waals surface area contributed by atoms with E-state index in [1.54, 1.807) is 43.7 Å². The quantitative estimate of drug-likeness (QED) is 0.628. The SMILES string of the molecule is COc1ccc(NC(=O)Cc2csc(NC(=O)c3ccoc3C)n2)cc1OC. The zero-order chi connectivity index (χ0) is 20.1. The van der Waals surface area contributed by atoms with Gasteiger partial charge in [0.2, 0.25) is 5.91 Å². The van der Waals surface area contributed by atoms with E-state index in [2.05, 4.69) is 15.6 Å². The summed E-state index contributed by atoms with van der Waals surface area (Å²) in [6.07, 6.45) is 1.53. The van der Waals surface area contributed by atoms with E-state index in [0.29, 0.717) is 39.3 Å². The van der Waals surface area contributed by atoms with Gasteiger partial charge in [0.15, 0.2) is 16.6 Å². The third kappa shape index (κ3) is 4.49. The monoisotopic (exact) mass is 401 g/mol. The number of carbonyl (C=O) groups excluding carboxylic acids is 2. The standard InChI is InChI=1S/C19H19N3O5S/c1-11-14(6-7-27-11)18(24)22-19-21-13(10-28-19)9-17(23)20-12-4-5-15(25-2)16(8-12)26-3/h4-8,10H,9H2,1-3H3,(H,20,23)(H,21,22,24). The molecule has 0 atom stereocenters. The second-order valence-electron chi connectivity index (χ2n) is 5.78. The van der Waals surface area contributed by atoms with Gasteiger partial charge in [0.1, 0.15) is 5.76 Å². The zero-order valence-electron chi connectivity index (χ0n) is 15.6. The fourth-order valence-electron chi connectivity index (χ4n) is 2.51. The lowest BCUT2D eigenvalue weighted by Gasteiger charge is -2.10. The molecule has 0 aliphatic rings. The Morgan fingerprint density at radius 3 is 2.61 bits per heavy atom. The largest absolute Gasteiger partial charge is 0.493 e. The fourth-order valence-corrected chi connectivity index (χ4v) is 3.22. The summed E-state index contributed by atoms with van der Waals surface area (Å²) in [5, 5.41) is 7.63. The summed E-state index contributed by atoms with van der Waals surface area (Å²) in [4.78, 5) is 28.7. The highest BCUT2D eigenvalue weighted by Crippen LogP contribution is 2.29. The van der Waals surface area contributed by atoms with Crippen molar-refractivity contribution in [1.29, 1.82) is 0 Å². The normalized spacial score (nSPS) is 10.4. The van der Waals surface area contributed by atoms with Crippen LogP contribution in [0.5, 0.6) is 11.5 Å². The van der Waals surface area contributed by atoms with Crippen LogP contribution >= 0.6 is 11.3 Å². The summed E-state index contributed by atoms with van der Waals surface area (Å²) in [6, 6.07) is 6.70. The molecular formula is C19H19N3O5S. The highest BCUT2D eigenvalue weighted by molar-refractivity contribution is 7.14. The van der Waals surface area contributed by atoms with Gasteiger partial charge >= 0.3 is 0 Å². The zero-order valence-corrected chi connectivity index (χ0v) is 16.4. The van der Waals surface area contributed by atoms with Crippen LogP contribution in [0, 0.1) is 6.92 Å². The summed E-state index contributed by atoms with van der Waals surface area (Å²) in [5.41, 5.74) is 1.59. The van der Waals surface area contributed by atoms with Gasteiger partial charge in [-0.05, 0) is 25.1 Å². The van der Waals surface area contributed by atoms with Crippen molar-refractivity contribution in [3.05, 3.63) is 52.9 Å². The van der Waals surface area contributed by atoms with Crippen molar-refractivity contribution >= 4 is 34.0 Å². The highest BCUT2D eigenvalue weighted by atomic mass is 32.1. The number of ether oxygens (including phenoxy) is 2. The molecule has 0 bridgehead atoms. The number of rotatable bonds is 7. The number of aryl methyl sites for hydroxylation is 1. The van der Waals surface area contributed by atoms with E-state index in [0.717, 1.165) is 0 Å². The number of anilines is 2. The van der Waals surface area contributed by atoms with Crippen LogP contribution in [0.4, 0.5) is 10.8 Å². The van der Waals surface area contributed by atoms with Crippen molar-refractivity contribution in [3.63, 3.8) is 0 Å². The minimum atomic E-state index is -0.304. The van der Waals surface area contributed by atoms with E-state index in [1.807, 2.05) is 0 Å². The number of benzene rings is 1. The Labute approximate surface area is 165 Å². The molecule has 0 radical (unpaired) electrons. The molecule has 3 rings (SSSR count). The van der Waals surface area contributed by atoms with Crippen molar-refractivity contribution in [2.45, 2.75) is 13.3 Å². The van der Waals surface area contributed by atoms with Crippen LogP contribution in [0.2, 0.25) is 0 Å². The molecule has 0 saturated carbocycles. The van der Waals surface area contributed by atoms with E-state index in [1.165, 1.54) is 24.7 Å². The average molecular weight is 401 g/mol. The molecule has 0 fully saturated rings. The number of hydrogen-bond acceptors (Lipinski definition) is 7. The molecule has 28 heavy (non-hydrogen) atoms. The van der Waals surface area contributed by atoms with Crippen LogP contribution < -0.4 is 20.1 Å². The molecule has 0 saturated heterocycles. The maximum atomic E-state index is 12.3. The molecule has 0 unspecified atom stereocenters. The molecule has 0 aliphatic carbocycles. The van der Waals surface area contributed by atoms with Gasteiger partial charge in [0.05, 0.1) is 38.2 Å². The van der Waals surface area contributed by atoms with Gasteiger partial charge in [-0.15, -0.1) is 11.3 Å². The maximum absolute atomic E-state index is 12.3. The van der Waals surface area contributed by atoms with Gasteiger partial charge in [0.25, 0.3) is 5.91 Å². The lowest BCUT2D eigenvalue weighted by atomic mass is 10.2. The van der Waals surface area contributed by atoms with Gasteiger partial charge in [-0.3, -0.25) is 14.9 Å². The minimum absolute atomic E-state index is 0.0749. The summed E-state index contributed by atoms with van der Waals surface area (Å²) in [6.45, 7) is 1.71. The summed E-state index contributed by atoms with van der Waals surface area (Å²) in [5.74, 6) is 1.09. The second kappa shape index (κ2) is 8.57. The van der Waals surface area contributed by atoms with Crippen LogP contribution in [-0.2, 0) is 11.2 Å². The molecule has 146 valence electrons. The Bertz CT molecular complexity index is 995. The van der Waals surface area contributed by atoms with Crippen molar-refractivity contribution < 1.29 is 23.5 Å². The Balaban J connectivity index is 1.59. The number of amides is 2. The van der Waals surface area contributed by atoms with Crippen molar-refractivity contribution in [2.24, 2.45) is 0 Å². The fraction of sp³-hybridized carbons (Fsp3) is 0.211. The second-order valence-corrected chi connectivity index (χ2v) is 6.64. The molecule has 9 heteroatoms. The number of hydrogen-bond donors (Lipinski definition) is 2.